The number of nitrogens with one attached hydrogen (secondary N) is 1. The first-order valence-corrected chi connectivity index (χ1v) is 5.28. The fourth-order valence-corrected chi connectivity index (χ4v) is 2.20. The van der Waals surface area contributed by atoms with E-state index in [2.05, 4.69) is 41.5 Å². The fraction of sp³-hybridized carbons (Fsp3) is 0.417. The maximum absolute atomic E-state index is 10.3. The highest BCUT2D eigenvalue weighted by Gasteiger charge is 2.23. The van der Waals surface area contributed by atoms with E-state index in [4.69, 9.17) is 0 Å². The molecular weight excluding hydrogens is 188 g/mol. The van der Waals surface area contributed by atoms with Crippen LogP contribution in [-0.2, 0) is 11.2 Å². The summed E-state index contributed by atoms with van der Waals surface area (Å²) in [6.45, 7) is 1.75. The van der Waals surface area contributed by atoms with Gasteiger partial charge in [-0.15, -0.1) is 0 Å². The smallest absolute Gasteiger partial charge is 0.207 e. The van der Waals surface area contributed by atoms with Crippen molar-refractivity contribution in [1.82, 2.24) is 10.2 Å². The summed E-state index contributed by atoms with van der Waals surface area (Å²) in [5.41, 5.74) is 2.76. The third kappa shape index (κ3) is 2.02. The second-order valence-corrected chi connectivity index (χ2v) is 3.97. The Morgan fingerprint density at radius 1 is 1.53 bits per heavy atom. The monoisotopic (exact) mass is 204 g/mol. The lowest BCUT2D eigenvalue weighted by Crippen LogP contribution is -2.37. The van der Waals surface area contributed by atoms with Crippen LogP contribution in [0.2, 0.25) is 0 Å². The highest BCUT2D eigenvalue weighted by Crippen LogP contribution is 2.27. The van der Waals surface area contributed by atoms with Gasteiger partial charge in [-0.2, -0.15) is 0 Å². The average Bonchev–Trinajstić information content (AvgIpc) is 2.28. The quantitative estimate of drug-likeness (QED) is 0.744. The molecule has 1 aliphatic heterocycles. The Labute approximate surface area is 90.1 Å². The summed E-state index contributed by atoms with van der Waals surface area (Å²) < 4.78 is 0. The van der Waals surface area contributed by atoms with Crippen LogP contribution in [0.15, 0.2) is 24.3 Å². The second-order valence-electron chi connectivity index (χ2n) is 3.97. The van der Waals surface area contributed by atoms with Crippen molar-refractivity contribution >= 4 is 6.41 Å². The van der Waals surface area contributed by atoms with E-state index in [1.807, 2.05) is 0 Å². The van der Waals surface area contributed by atoms with Crippen molar-refractivity contribution < 1.29 is 4.79 Å². The summed E-state index contributed by atoms with van der Waals surface area (Å²) in [5.74, 6) is 0. The Bertz CT molecular complexity index is 351. The van der Waals surface area contributed by atoms with Crippen LogP contribution in [0, 0.1) is 0 Å². The number of hydrogen-bond acceptors (Lipinski definition) is 2. The predicted octanol–water partition coefficient (Wildman–Crippen LogP) is 0.962. The number of rotatable bonds is 3. The van der Waals surface area contributed by atoms with E-state index < -0.39 is 0 Å². The van der Waals surface area contributed by atoms with Gasteiger partial charge in [0, 0.05) is 13.1 Å². The minimum Gasteiger partial charge on any atom is -0.357 e. The standard InChI is InChI=1S/C12H16N2O/c1-14-7-6-10-4-2-3-5-11(10)12(14)8-13-9-15/h2-5,9,12H,6-8H2,1H3,(H,13,15). The molecule has 1 atom stereocenters. The molecule has 1 N–H and O–H groups in total. The van der Waals surface area contributed by atoms with Gasteiger partial charge < -0.3 is 5.32 Å². The Kier molecular flexibility index (Phi) is 3.02. The molecule has 0 bridgehead atoms. The zero-order valence-corrected chi connectivity index (χ0v) is 8.94. The Morgan fingerprint density at radius 3 is 3.13 bits per heavy atom. The molecule has 0 fully saturated rings. The summed E-state index contributed by atoms with van der Waals surface area (Å²) in [6.07, 6.45) is 1.87. The number of hydrogen-bond donors (Lipinski definition) is 1. The van der Waals surface area contributed by atoms with E-state index in [1.54, 1.807) is 0 Å². The summed E-state index contributed by atoms with van der Waals surface area (Å²) in [6, 6.07) is 8.79. The van der Waals surface area contributed by atoms with Crippen LogP contribution in [0.4, 0.5) is 0 Å². The van der Waals surface area contributed by atoms with Crippen LogP contribution in [0.5, 0.6) is 0 Å². The molecule has 0 spiro atoms. The van der Waals surface area contributed by atoms with Gasteiger partial charge in [0.05, 0.1) is 6.04 Å². The molecule has 3 nitrogen and oxygen atoms in total. The molecule has 1 unspecified atom stereocenters. The lowest BCUT2D eigenvalue weighted by atomic mass is 9.93. The van der Waals surface area contributed by atoms with Crippen molar-refractivity contribution in [2.45, 2.75) is 12.5 Å². The summed E-state index contributed by atoms with van der Waals surface area (Å²) in [5, 5.41) is 2.77. The van der Waals surface area contributed by atoms with Crippen molar-refractivity contribution in [3.8, 4) is 0 Å². The number of carbonyl (C=O) groups excluding carboxylic acids is 1. The number of carbonyl (C=O) groups is 1. The third-order valence-corrected chi connectivity index (χ3v) is 3.07. The SMILES string of the molecule is CN1CCc2ccccc2C1CNC=O. The molecule has 0 aliphatic carbocycles. The number of likely N-dealkylation sites (N-methyl/N-ethyl adjacent to an activating group) is 1. The molecule has 80 valence electrons. The van der Waals surface area contributed by atoms with Gasteiger partial charge in [0.15, 0.2) is 0 Å². The second kappa shape index (κ2) is 4.45. The Balaban J connectivity index is 2.24. The van der Waals surface area contributed by atoms with Crippen LogP contribution in [0.1, 0.15) is 17.2 Å². The fourth-order valence-electron chi connectivity index (χ4n) is 2.20. The highest BCUT2D eigenvalue weighted by atomic mass is 16.1. The van der Waals surface area contributed by atoms with Gasteiger partial charge in [-0.1, -0.05) is 24.3 Å². The van der Waals surface area contributed by atoms with Crippen LogP contribution in [-0.4, -0.2) is 31.4 Å². The third-order valence-electron chi connectivity index (χ3n) is 3.07. The van der Waals surface area contributed by atoms with E-state index >= 15 is 0 Å². The van der Waals surface area contributed by atoms with Crippen LogP contribution in [0.3, 0.4) is 0 Å². The van der Waals surface area contributed by atoms with E-state index in [0.29, 0.717) is 12.6 Å². The van der Waals surface area contributed by atoms with Crippen LogP contribution < -0.4 is 5.32 Å². The van der Waals surface area contributed by atoms with Crippen LogP contribution >= 0.6 is 0 Å². The highest BCUT2D eigenvalue weighted by molar-refractivity contribution is 5.46. The summed E-state index contributed by atoms with van der Waals surface area (Å²) >= 11 is 0. The molecule has 0 saturated carbocycles. The number of fused-ring (bicyclic) bond motifs is 1. The minimum absolute atomic E-state index is 0.320. The van der Waals surface area contributed by atoms with Crippen LogP contribution in [0.25, 0.3) is 0 Å². The summed E-state index contributed by atoms with van der Waals surface area (Å²) in [4.78, 5) is 12.6. The molecule has 0 saturated heterocycles. The number of amides is 1. The number of benzene rings is 1. The zero-order valence-electron chi connectivity index (χ0n) is 8.94. The van der Waals surface area contributed by atoms with Crippen molar-refractivity contribution in [3.63, 3.8) is 0 Å². The zero-order chi connectivity index (χ0) is 10.7. The lowest BCUT2D eigenvalue weighted by Gasteiger charge is -2.34. The van der Waals surface area contributed by atoms with Gasteiger partial charge in [-0.05, 0) is 24.6 Å². The Hall–Kier alpha value is -1.35. The van der Waals surface area contributed by atoms with Gasteiger partial charge in [0.25, 0.3) is 0 Å². The first-order valence-electron chi connectivity index (χ1n) is 5.28. The van der Waals surface area contributed by atoms with Gasteiger partial charge in [-0.3, -0.25) is 9.69 Å². The molecule has 1 aliphatic rings. The van der Waals surface area contributed by atoms with E-state index in [1.165, 1.54) is 11.1 Å². The molecule has 0 aromatic heterocycles. The predicted molar refractivity (Wildman–Crippen MR) is 59.6 cm³/mol. The summed E-state index contributed by atoms with van der Waals surface area (Å²) in [7, 11) is 2.10. The largest absolute Gasteiger partial charge is 0.357 e. The van der Waals surface area contributed by atoms with Gasteiger partial charge in [-0.25, -0.2) is 0 Å². The maximum atomic E-state index is 10.3. The molecule has 15 heavy (non-hydrogen) atoms. The average molecular weight is 204 g/mol. The first kappa shape index (κ1) is 10.2. The number of nitrogens with zero attached hydrogens (tertiary/aromatic N) is 1. The van der Waals surface area contributed by atoms with E-state index in [-0.39, 0.29) is 0 Å². The van der Waals surface area contributed by atoms with Gasteiger partial charge in [0.2, 0.25) is 6.41 Å². The molecule has 0 radical (unpaired) electrons. The van der Waals surface area contributed by atoms with E-state index in [9.17, 15) is 4.79 Å². The minimum atomic E-state index is 0.320. The van der Waals surface area contributed by atoms with Gasteiger partial charge >= 0.3 is 0 Å². The van der Waals surface area contributed by atoms with Crippen molar-refractivity contribution in [2.75, 3.05) is 20.1 Å². The van der Waals surface area contributed by atoms with Crippen molar-refractivity contribution in [3.05, 3.63) is 35.4 Å². The molecule has 1 aromatic rings. The molecule has 2 rings (SSSR count). The molecule has 1 heterocycles. The van der Waals surface area contributed by atoms with Crippen molar-refractivity contribution in [2.24, 2.45) is 0 Å². The van der Waals surface area contributed by atoms with E-state index in [0.717, 1.165) is 19.4 Å². The molecule has 3 heteroatoms. The molecular formula is C12H16N2O. The normalized spacial score (nSPS) is 20.7. The molecule has 1 amide bonds. The van der Waals surface area contributed by atoms with Gasteiger partial charge in [0.1, 0.15) is 0 Å². The topological polar surface area (TPSA) is 32.3 Å². The maximum Gasteiger partial charge on any atom is 0.207 e. The lowest BCUT2D eigenvalue weighted by molar-refractivity contribution is -0.109. The Morgan fingerprint density at radius 2 is 2.33 bits per heavy atom. The van der Waals surface area contributed by atoms with Crippen molar-refractivity contribution in [1.29, 1.82) is 0 Å². The molecule has 1 aromatic carbocycles. The first-order chi connectivity index (χ1) is 7.33.